The molecule has 1 amide bonds. The lowest BCUT2D eigenvalue weighted by Crippen LogP contribution is -2.53. The van der Waals surface area contributed by atoms with Crippen molar-refractivity contribution < 1.29 is 14.3 Å². The van der Waals surface area contributed by atoms with Gasteiger partial charge < -0.3 is 15.0 Å². The summed E-state index contributed by atoms with van der Waals surface area (Å²) < 4.78 is 5.36. The molecule has 4 bridgehead atoms. The molecular weight excluding hydrogens is 388 g/mol. The Morgan fingerprint density at radius 1 is 1.10 bits per heavy atom. The smallest absolute Gasteiger partial charge is 0.312 e. The molecule has 4 saturated carbocycles. The molecule has 4 aliphatic rings. The summed E-state index contributed by atoms with van der Waals surface area (Å²) >= 11 is 0. The maximum atomic E-state index is 13.3. The maximum absolute atomic E-state index is 13.3. The van der Waals surface area contributed by atoms with Crippen LogP contribution in [0.1, 0.15) is 63.6 Å². The van der Waals surface area contributed by atoms with Gasteiger partial charge in [0.2, 0.25) is 5.91 Å². The molecule has 0 spiro atoms. The van der Waals surface area contributed by atoms with E-state index < -0.39 is 0 Å². The van der Waals surface area contributed by atoms with E-state index >= 15 is 0 Å². The van der Waals surface area contributed by atoms with E-state index in [2.05, 4.69) is 16.4 Å². The molecule has 6 rings (SSSR count). The summed E-state index contributed by atoms with van der Waals surface area (Å²) in [5.41, 5.74) is 2.93. The highest BCUT2D eigenvalue weighted by molar-refractivity contribution is 5.87. The number of fused-ring (bicyclic) bond motifs is 1. The van der Waals surface area contributed by atoms with E-state index in [0.29, 0.717) is 13.0 Å². The van der Waals surface area contributed by atoms with Gasteiger partial charge in [-0.1, -0.05) is 18.2 Å². The van der Waals surface area contributed by atoms with E-state index in [9.17, 15) is 9.59 Å². The molecule has 0 saturated heterocycles. The van der Waals surface area contributed by atoms with Gasteiger partial charge in [0.05, 0.1) is 12.5 Å². The highest BCUT2D eigenvalue weighted by Crippen LogP contribution is 2.60. The minimum Gasteiger partial charge on any atom is -0.463 e. The van der Waals surface area contributed by atoms with E-state index in [-0.39, 0.29) is 29.8 Å². The molecule has 5 heteroatoms. The molecule has 0 aliphatic heterocycles. The molecule has 166 valence electrons. The van der Waals surface area contributed by atoms with E-state index in [1.807, 2.05) is 32.0 Å². The lowest BCUT2D eigenvalue weighted by molar-refractivity contribution is -0.147. The fraction of sp³-hybridized carbons (Fsp3) is 0.615. The topological polar surface area (TPSA) is 71.2 Å². The average Bonchev–Trinajstić information content (AvgIpc) is 3.03. The first-order chi connectivity index (χ1) is 14.9. The van der Waals surface area contributed by atoms with Crippen LogP contribution >= 0.6 is 0 Å². The summed E-state index contributed by atoms with van der Waals surface area (Å²) in [6, 6.07) is 8.13. The predicted molar refractivity (Wildman–Crippen MR) is 121 cm³/mol. The molecule has 2 N–H and O–H groups in total. The molecule has 0 radical (unpaired) electrons. The SMILES string of the molecule is CC(C)OC(=O)Cc1[nH]c2ccccc2c1CCNC(=O)C12CC3CC(CC(C3)C1)C2. The third kappa shape index (κ3) is 3.99. The molecule has 31 heavy (non-hydrogen) atoms. The standard InChI is InChI=1S/C26H34N2O3/c1-16(2)31-24(29)12-23-21(20-5-3-4-6-22(20)28-23)7-8-27-25(30)26-13-17-9-18(14-26)11-19(10-17)15-26/h3-6,16-19,28H,7-15H2,1-2H3,(H,27,30). The number of carbonyl (C=O) groups excluding carboxylic acids is 2. The normalized spacial score (nSPS) is 28.9. The van der Waals surface area contributed by atoms with Crippen LogP contribution in [-0.4, -0.2) is 29.5 Å². The number of ether oxygens (including phenoxy) is 1. The van der Waals surface area contributed by atoms with E-state index in [1.54, 1.807) is 0 Å². The van der Waals surface area contributed by atoms with Gasteiger partial charge in [-0.15, -0.1) is 0 Å². The number of esters is 1. The zero-order chi connectivity index (χ0) is 21.6. The number of hydrogen-bond donors (Lipinski definition) is 2. The van der Waals surface area contributed by atoms with Crippen LogP contribution in [0.25, 0.3) is 10.9 Å². The lowest BCUT2D eigenvalue weighted by Gasteiger charge is -2.55. The van der Waals surface area contributed by atoms with Crippen molar-refractivity contribution >= 4 is 22.8 Å². The Hall–Kier alpha value is -2.30. The van der Waals surface area contributed by atoms with Gasteiger partial charge in [-0.05, 0) is 88.2 Å². The molecule has 4 aliphatic carbocycles. The average molecular weight is 423 g/mol. The first kappa shape index (κ1) is 20.6. The zero-order valence-corrected chi connectivity index (χ0v) is 18.7. The van der Waals surface area contributed by atoms with Crippen LogP contribution in [0.2, 0.25) is 0 Å². The first-order valence-corrected chi connectivity index (χ1v) is 12.0. The van der Waals surface area contributed by atoms with Crippen molar-refractivity contribution in [1.82, 2.24) is 10.3 Å². The van der Waals surface area contributed by atoms with Crippen LogP contribution < -0.4 is 5.32 Å². The monoisotopic (exact) mass is 422 g/mol. The predicted octanol–water partition coefficient (Wildman–Crippen LogP) is 4.54. The molecule has 1 aromatic heterocycles. The van der Waals surface area contributed by atoms with Gasteiger partial charge in [0.1, 0.15) is 0 Å². The molecule has 5 nitrogen and oxygen atoms in total. The molecule has 0 unspecified atom stereocenters. The van der Waals surface area contributed by atoms with Crippen molar-refractivity contribution in [3.05, 3.63) is 35.5 Å². The Labute approximate surface area is 184 Å². The minimum atomic E-state index is -0.222. The van der Waals surface area contributed by atoms with Gasteiger partial charge in [-0.2, -0.15) is 0 Å². The number of H-pyrrole nitrogens is 1. The van der Waals surface area contributed by atoms with Crippen molar-refractivity contribution in [3.8, 4) is 0 Å². The van der Waals surface area contributed by atoms with Crippen molar-refractivity contribution in [2.45, 2.75) is 71.3 Å². The maximum Gasteiger partial charge on any atom is 0.312 e. The fourth-order valence-electron chi connectivity index (χ4n) is 7.02. The van der Waals surface area contributed by atoms with Crippen LogP contribution in [0, 0.1) is 23.2 Å². The number of amides is 1. The van der Waals surface area contributed by atoms with Crippen LogP contribution in [0.4, 0.5) is 0 Å². The largest absolute Gasteiger partial charge is 0.463 e. The Morgan fingerprint density at radius 2 is 1.74 bits per heavy atom. The zero-order valence-electron chi connectivity index (χ0n) is 18.7. The van der Waals surface area contributed by atoms with Gasteiger partial charge in [0.25, 0.3) is 0 Å². The molecule has 0 atom stereocenters. The van der Waals surface area contributed by atoms with E-state index in [1.165, 1.54) is 19.3 Å². The van der Waals surface area contributed by atoms with E-state index in [0.717, 1.165) is 59.2 Å². The number of aromatic nitrogens is 1. The summed E-state index contributed by atoms with van der Waals surface area (Å²) in [7, 11) is 0. The third-order valence-corrected chi connectivity index (χ3v) is 7.77. The number of carbonyl (C=O) groups is 2. The van der Waals surface area contributed by atoms with Crippen molar-refractivity contribution in [1.29, 1.82) is 0 Å². The summed E-state index contributed by atoms with van der Waals surface area (Å²) in [5, 5.41) is 4.41. The van der Waals surface area contributed by atoms with Gasteiger partial charge in [-0.25, -0.2) is 0 Å². The van der Waals surface area contributed by atoms with Gasteiger partial charge in [0, 0.05) is 28.6 Å². The Kier molecular flexibility index (Phi) is 5.31. The summed E-state index contributed by atoms with van der Waals surface area (Å²) in [6.45, 7) is 4.34. The van der Waals surface area contributed by atoms with Crippen molar-refractivity contribution in [2.24, 2.45) is 23.2 Å². The third-order valence-electron chi connectivity index (χ3n) is 7.77. The Bertz CT molecular complexity index is 954. The Balaban J connectivity index is 1.28. The summed E-state index contributed by atoms with van der Waals surface area (Å²) in [4.78, 5) is 29.0. The number of rotatable bonds is 7. The van der Waals surface area contributed by atoms with E-state index in [4.69, 9.17) is 4.74 Å². The Morgan fingerprint density at radius 3 is 2.39 bits per heavy atom. The van der Waals surface area contributed by atoms with Gasteiger partial charge in [-0.3, -0.25) is 9.59 Å². The van der Waals surface area contributed by atoms with Crippen LogP contribution in [0.5, 0.6) is 0 Å². The number of para-hydroxylation sites is 1. The minimum absolute atomic E-state index is 0.112. The van der Waals surface area contributed by atoms with Crippen LogP contribution in [0.3, 0.4) is 0 Å². The van der Waals surface area contributed by atoms with Crippen LogP contribution in [-0.2, 0) is 27.2 Å². The number of benzene rings is 1. The quantitative estimate of drug-likeness (QED) is 0.644. The number of nitrogens with one attached hydrogen (secondary N) is 2. The second-order valence-electron chi connectivity index (χ2n) is 10.5. The van der Waals surface area contributed by atoms with Crippen molar-refractivity contribution in [2.75, 3.05) is 6.54 Å². The molecule has 1 heterocycles. The highest BCUT2D eigenvalue weighted by Gasteiger charge is 2.54. The van der Waals surface area contributed by atoms with Gasteiger partial charge >= 0.3 is 5.97 Å². The highest BCUT2D eigenvalue weighted by atomic mass is 16.5. The number of hydrogen-bond acceptors (Lipinski definition) is 3. The molecule has 1 aromatic carbocycles. The van der Waals surface area contributed by atoms with Crippen LogP contribution in [0.15, 0.2) is 24.3 Å². The second-order valence-corrected chi connectivity index (χ2v) is 10.5. The van der Waals surface area contributed by atoms with Crippen molar-refractivity contribution in [3.63, 3.8) is 0 Å². The fourth-order valence-corrected chi connectivity index (χ4v) is 7.02. The summed E-state index contributed by atoms with van der Waals surface area (Å²) in [6.07, 6.45) is 8.11. The second kappa shape index (κ2) is 7.99. The molecule has 4 fully saturated rings. The number of aromatic amines is 1. The van der Waals surface area contributed by atoms with Gasteiger partial charge in [0.15, 0.2) is 0 Å². The molecule has 2 aromatic rings. The first-order valence-electron chi connectivity index (χ1n) is 12.0. The summed E-state index contributed by atoms with van der Waals surface area (Å²) in [5.74, 6) is 2.35. The lowest BCUT2D eigenvalue weighted by atomic mass is 9.49. The molecular formula is C26H34N2O3.